The number of phosphoric ester groups is 1. The molecule has 1 unspecified atom stereocenters. The summed E-state index contributed by atoms with van der Waals surface area (Å²) in [6, 6.07) is 0. The van der Waals surface area contributed by atoms with Crippen LogP contribution in [-0.4, -0.2) is 70.0 Å². The molecule has 0 heterocycles. The number of carbonyl (C=O) groups excluding carboxylic acids is 2. The molecule has 0 amide bonds. The van der Waals surface area contributed by atoms with Crippen LogP contribution in [0.3, 0.4) is 0 Å². The van der Waals surface area contributed by atoms with Crippen molar-refractivity contribution >= 4 is 19.8 Å². The van der Waals surface area contributed by atoms with Crippen LogP contribution in [0, 0.1) is 0 Å². The standard InChI is InChI=1S/C36H72NO8P/c1-6-8-10-12-14-16-18-19-21-23-25-27-29-36(39)45-34(33-44-46(40,41)43-31-30-37(3,4)5)32-42-35(38)28-26-24-22-20-17-15-13-11-9-7-2/h34H,6-33H2,1-5H3/t34-/m1/s1. The van der Waals surface area contributed by atoms with Gasteiger partial charge in [-0.3, -0.25) is 14.2 Å². The molecular formula is C36H72NO8P. The van der Waals surface area contributed by atoms with Gasteiger partial charge in [-0.2, -0.15) is 0 Å². The molecule has 0 N–H and O–H groups in total. The minimum absolute atomic E-state index is 0.0263. The summed E-state index contributed by atoms with van der Waals surface area (Å²) in [5.41, 5.74) is 0. The van der Waals surface area contributed by atoms with Crippen LogP contribution in [0.25, 0.3) is 0 Å². The van der Waals surface area contributed by atoms with Crippen LogP contribution >= 0.6 is 7.82 Å². The average Bonchev–Trinajstić information content (AvgIpc) is 2.99. The van der Waals surface area contributed by atoms with Crippen molar-refractivity contribution in [3.05, 3.63) is 0 Å². The van der Waals surface area contributed by atoms with Gasteiger partial charge in [-0.1, -0.05) is 142 Å². The molecule has 0 aromatic rings. The van der Waals surface area contributed by atoms with Crippen molar-refractivity contribution in [2.75, 3.05) is 47.5 Å². The van der Waals surface area contributed by atoms with Gasteiger partial charge in [0.25, 0.3) is 7.82 Å². The zero-order chi connectivity index (χ0) is 34.4. The van der Waals surface area contributed by atoms with Crippen LogP contribution in [0.2, 0.25) is 0 Å². The third kappa shape index (κ3) is 32.9. The number of hydrogen-bond acceptors (Lipinski definition) is 8. The largest absolute Gasteiger partial charge is 0.756 e. The lowest BCUT2D eigenvalue weighted by atomic mass is 10.0. The van der Waals surface area contributed by atoms with E-state index < -0.39 is 26.5 Å². The average molecular weight is 678 g/mol. The minimum atomic E-state index is -4.60. The van der Waals surface area contributed by atoms with Gasteiger partial charge >= 0.3 is 11.9 Å². The highest BCUT2D eigenvalue weighted by molar-refractivity contribution is 7.45. The van der Waals surface area contributed by atoms with Crippen LogP contribution in [0.5, 0.6) is 0 Å². The topological polar surface area (TPSA) is 111 Å². The molecule has 0 radical (unpaired) electrons. The molecule has 0 rings (SSSR count). The van der Waals surface area contributed by atoms with E-state index in [4.69, 9.17) is 18.5 Å². The zero-order valence-electron chi connectivity index (χ0n) is 30.5. The molecule has 0 aliphatic heterocycles. The van der Waals surface area contributed by atoms with E-state index in [9.17, 15) is 19.0 Å². The van der Waals surface area contributed by atoms with Gasteiger partial charge in [0.2, 0.25) is 0 Å². The fraction of sp³-hybridized carbons (Fsp3) is 0.944. The maximum absolute atomic E-state index is 12.6. The number of carbonyl (C=O) groups is 2. The van der Waals surface area contributed by atoms with Crippen molar-refractivity contribution in [1.29, 1.82) is 0 Å². The Bertz CT molecular complexity index is 774. The van der Waals surface area contributed by atoms with Gasteiger partial charge in [0.15, 0.2) is 6.10 Å². The summed E-state index contributed by atoms with van der Waals surface area (Å²) in [5, 5.41) is 0. The monoisotopic (exact) mass is 677 g/mol. The molecule has 10 heteroatoms. The maximum Gasteiger partial charge on any atom is 0.306 e. The first-order valence-electron chi connectivity index (χ1n) is 18.7. The summed E-state index contributed by atoms with van der Waals surface area (Å²) in [6.07, 6.45) is 25.5. The first-order valence-corrected chi connectivity index (χ1v) is 20.2. The number of likely N-dealkylation sites (N-methyl/N-ethyl adjacent to an activating group) is 1. The molecule has 0 fully saturated rings. The van der Waals surface area contributed by atoms with Gasteiger partial charge in [0, 0.05) is 12.8 Å². The van der Waals surface area contributed by atoms with Crippen molar-refractivity contribution in [2.24, 2.45) is 0 Å². The highest BCUT2D eigenvalue weighted by atomic mass is 31.2. The van der Waals surface area contributed by atoms with Gasteiger partial charge in [-0.05, 0) is 12.8 Å². The number of unbranched alkanes of at least 4 members (excludes halogenated alkanes) is 20. The van der Waals surface area contributed by atoms with Gasteiger partial charge < -0.3 is 27.9 Å². The van der Waals surface area contributed by atoms with Crippen LogP contribution < -0.4 is 4.89 Å². The summed E-state index contributed by atoms with van der Waals surface area (Å²) >= 11 is 0. The van der Waals surface area contributed by atoms with Crippen molar-refractivity contribution in [3.8, 4) is 0 Å². The van der Waals surface area contributed by atoms with E-state index in [1.807, 2.05) is 21.1 Å². The second kappa shape index (κ2) is 30.1. The molecule has 0 aliphatic carbocycles. The lowest BCUT2D eigenvalue weighted by molar-refractivity contribution is -0.870. The number of esters is 2. The van der Waals surface area contributed by atoms with Crippen LogP contribution in [-0.2, 0) is 32.7 Å². The molecule has 0 saturated carbocycles. The van der Waals surface area contributed by atoms with Gasteiger partial charge in [-0.15, -0.1) is 0 Å². The summed E-state index contributed by atoms with van der Waals surface area (Å²) < 4.78 is 33.7. The fourth-order valence-corrected chi connectivity index (χ4v) is 5.85. The lowest BCUT2D eigenvalue weighted by Crippen LogP contribution is -2.37. The van der Waals surface area contributed by atoms with E-state index in [0.29, 0.717) is 17.4 Å². The highest BCUT2D eigenvalue weighted by Gasteiger charge is 2.21. The first kappa shape index (κ1) is 45.0. The highest BCUT2D eigenvalue weighted by Crippen LogP contribution is 2.38. The normalized spacial score (nSPS) is 13.8. The van der Waals surface area contributed by atoms with Crippen molar-refractivity contribution in [2.45, 2.75) is 174 Å². The number of quaternary nitrogens is 1. The molecular weight excluding hydrogens is 605 g/mol. The molecule has 2 atom stereocenters. The Balaban J connectivity index is 4.44. The third-order valence-electron chi connectivity index (χ3n) is 8.13. The minimum Gasteiger partial charge on any atom is -0.756 e. The molecule has 0 aromatic heterocycles. The van der Waals surface area contributed by atoms with Crippen molar-refractivity contribution in [1.82, 2.24) is 0 Å². The summed E-state index contributed by atoms with van der Waals surface area (Å²) in [4.78, 5) is 37.2. The molecule has 0 aromatic carbocycles. The zero-order valence-corrected chi connectivity index (χ0v) is 31.4. The van der Waals surface area contributed by atoms with Crippen molar-refractivity contribution < 1.29 is 42.1 Å². The Hall–Kier alpha value is -0.990. The molecule has 9 nitrogen and oxygen atoms in total. The van der Waals surface area contributed by atoms with Crippen molar-refractivity contribution in [3.63, 3.8) is 0 Å². The second-order valence-electron chi connectivity index (χ2n) is 14.0. The smallest absolute Gasteiger partial charge is 0.306 e. The quantitative estimate of drug-likeness (QED) is 0.0287. The molecule has 0 aliphatic rings. The predicted molar refractivity (Wildman–Crippen MR) is 185 cm³/mol. The van der Waals surface area contributed by atoms with E-state index in [1.54, 1.807) is 0 Å². The van der Waals surface area contributed by atoms with Crippen LogP contribution in [0.15, 0.2) is 0 Å². The van der Waals surface area contributed by atoms with E-state index >= 15 is 0 Å². The fourth-order valence-electron chi connectivity index (χ4n) is 5.12. The SMILES string of the molecule is CCCCCCCCCCCCCCC(=O)O[C@H](COC(=O)CCCCCCCCCCCC)COP(=O)([O-])OCC[N+](C)(C)C. The van der Waals surface area contributed by atoms with E-state index in [2.05, 4.69) is 13.8 Å². The maximum atomic E-state index is 12.6. The van der Waals surface area contributed by atoms with Gasteiger partial charge in [0.1, 0.15) is 19.8 Å². The molecule has 0 saturated heterocycles. The van der Waals surface area contributed by atoms with Gasteiger partial charge in [-0.25, -0.2) is 0 Å². The Morgan fingerprint density at radius 1 is 0.587 bits per heavy atom. The number of rotatable bonds is 34. The first-order chi connectivity index (χ1) is 22.0. The van der Waals surface area contributed by atoms with Crippen LogP contribution in [0.4, 0.5) is 0 Å². The number of hydrogen-bond donors (Lipinski definition) is 0. The van der Waals surface area contributed by atoms with E-state index in [1.165, 1.54) is 103 Å². The number of nitrogens with zero attached hydrogens (tertiary/aromatic N) is 1. The third-order valence-corrected chi connectivity index (χ3v) is 9.09. The van der Waals surface area contributed by atoms with E-state index in [0.717, 1.165) is 32.1 Å². The Morgan fingerprint density at radius 3 is 1.39 bits per heavy atom. The van der Waals surface area contributed by atoms with Gasteiger partial charge in [0.05, 0.1) is 27.7 Å². The van der Waals surface area contributed by atoms with E-state index in [-0.39, 0.29) is 32.0 Å². The Kier molecular flexibility index (Phi) is 29.4. The second-order valence-corrected chi connectivity index (χ2v) is 15.4. The Labute approximate surface area is 283 Å². The molecule has 274 valence electrons. The summed E-state index contributed by atoms with van der Waals surface area (Å²) in [5.74, 6) is -0.829. The molecule has 46 heavy (non-hydrogen) atoms. The van der Waals surface area contributed by atoms with Crippen LogP contribution in [0.1, 0.15) is 168 Å². The summed E-state index contributed by atoms with van der Waals surface area (Å²) in [7, 11) is 1.18. The predicted octanol–water partition coefficient (Wildman–Crippen LogP) is 9.05. The summed E-state index contributed by atoms with van der Waals surface area (Å²) in [6.45, 7) is 4.20. The Morgan fingerprint density at radius 2 is 0.978 bits per heavy atom. The molecule has 0 spiro atoms. The number of phosphoric acid groups is 1. The molecule has 0 bridgehead atoms. The lowest BCUT2D eigenvalue weighted by Gasteiger charge is -2.28. The number of ether oxygens (including phenoxy) is 2.